The number of hydrogen-bond donors (Lipinski definition) is 0. The van der Waals surface area contributed by atoms with Crippen molar-refractivity contribution in [2.45, 2.75) is 30.4 Å². The second kappa shape index (κ2) is 8.99. The van der Waals surface area contributed by atoms with Crippen LogP contribution in [-0.4, -0.2) is 25.2 Å². The van der Waals surface area contributed by atoms with Gasteiger partial charge in [0.2, 0.25) is 10.0 Å². The minimum Gasteiger partial charge on any atom is -0.461 e. The molecule has 4 rings (SSSR count). The van der Waals surface area contributed by atoms with E-state index in [0.717, 1.165) is 28.8 Å². The normalized spacial score (nSPS) is 16.5. The zero-order valence-electron chi connectivity index (χ0n) is 16.8. The molecule has 0 N–H and O–H groups in total. The minimum atomic E-state index is -3.92. The number of carbonyl (C=O) groups is 1. The monoisotopic (exact) mass is 439 g/mol. The van der Waals surface area contributed by atoms with E-state index in [9.17, 15) is 17.6 Å². The van der Waals surface area contributed by atoms with Crippen molar-refractivity contribution in [2.75, 3.05) is 6.54 Å². The Balaban J connectivity index is 1.60. The first-order valence-corrected chi connectivity index (χ1v) is 11.4. The number of nitrogens with zero attached hydrogens (tertiary/aromatic N) is 1. The second-order valence-corrected chi connectivity index (χ2v) is 9.28. The summed E-state index contributed by atoms with van der Waals surface area (Å²) in [6.45, 7) is 0.353. The highest BCUT2D eigenvalue weighted by Crippen LogP contribution is 2.36. The fourth-order valence-corrected chi connectivity index (χ4v) is 5.43. The molecule has 0 aromatic heterocycles. The van der Waals surface area contributed by atoms with E-state index in [4.69, 9.17) is 4.74 Å². The van der Waals surface area contributed by atoms with Crippen LogP contribution in [0.5, 0.6) is 0 Å². The molecule has 0 amide bonds. The van der Waals surface area contributed by atoms with E-state index in [0.29, 0.717) is 6.42 Å². The van der Waals surface area contributed by atoms with Crippen molar-refractivity contribution in [1.29, 1.82) is 0 Å². The number of sulfonamides is 1. The molecule has 3 aromatic rings. The highest BCUT2D eigenvalue weighted by Gasteiger charge is 2.37. The van der Waals surface area contributed by atoms with Crippen LogP contribution in [0.2, 0.25) is 0 Å². The molecule has 0 bridgehead atoms. The Morgan fingerprint density at radius 2 is 1.65 bits per heavy atom. The lowest BCUT2D eigenvalue weighted by Crippen LogP contribution is -2.41. The molecule has 7 heteroatoms. The molecule has 0 spiro atoms. The highest BCUT2D eigenvalue weighted by atomic mass is 32.2. The number of ether oxygens (including phenoxy) is 1. The van der Waals surface area contributed by atoms with E-state index >= 15 is 0 Å². The summed E-state index contributed by atoms with van der Waals surface area (Å²) in [6, 6.07) is 20.9. The topological polar surface area (TPSA) is 63.7 Å². The van der Waals surface area contributed by atoms with Crippen molar-refractivity contribution in [3.8, 4) is 0 Å². The summed E-state index contributed by atoms with van der Waals surface area (Å²) >= 11 is 0. The lowest BCUT2D eigenvalue weighted by Gasteiger charge is -2.36. The maximum Gasteiger partial charge on any atom is 0.308 e. The molecule has 1 unspecified atom stereocenters. The van der Waals surface area contributed by atoms with Crippen molar-refractivity contribution in [2.24, 2.45) is 0 Å². The first-order valence-electron chi connectivity index (χ1n) is 10.00. The number of carbonyl (C=O) groups excluding carboxylic acids is 1. The predicted molar refractivity (Wildman–Crippen MR) is 114 cm³/mol. The van der Waals surface area contributed by atoms with E-state index in [-0.39, 0.29) is 24.5 Å². The van der Waals surface area contributed by atoms with Gasteiger partial charge < -0.3 is 4.74 Å². The Hall–Kier alpha value is -3.03. The zero-order chi connectivity index (χ0) is 21.8. The van der Waals surface area contributed by atoms with Crippen LogP contribution < -0.4 is 0 Å². The number of rotatable bonds is 6. The maximum absolute atomic E-state index is 13.3. The van der Waals surface area contributed by atoms with Crippen LogP contribution in [-0.2, 0) is 32.6 Å². The Bertz CT molecular complexity index is 1160. The lowest BCUT2D eigenvalue weighted by atomic mass is 9.92. The predicted octanol–water partition coefficient (Wildman–Crippen LogP) is 4.25. The van der Waals surface area contributed by atoms with Crippen LogP contribution in [0.25, 0.3) is 0 Å². The number of hydrogen-bond acceptors (Lipinski definition) is 4. The summed E-state index contributed by atoms with van der Waals surface area (Å²) in [5, 5.41) is 0. The first-order chi connectivity index (χ1) is 14.9. The smallest absolute Gasteiger partial charge is 0.308 e. The Morgan fingerprint density at radius 1 is 0.968 bits per heavy atom. The molecule has 0 saturated carbocycles. The summed E-state index contributed by atoms with van der Waals surface area (Å²) in [5.41, 5.74) is 2.65. The van der Waals surface area contributed by atoms with E-state index < -0.39 is 27.9 Å². The fourth-order valence-electron chi connectivity index (χ4n) is 3.82. The van der Waals surface area contributed by atoms with Crippen molar-refractivity contribution in [3.63, 3.8) is 0 Å². The van der Waals surface area contributed by atoms with Crippen molar-refractivity contribution < 1.29 is 22.3 Å². The Kier molecular flexibility index (Phi) is 6.15. The third-order valence-electron chi connectivity index (χ3n) is 5.39. The molecule has 0 aliphatic carbocycles. The molecular weight excluding hydrogens is 417 g/mol. The minimum absolute atomic E-state index is 0.00376. The van der Waals surface area contributed by atoms with Crippen molar-refractivity contribution in [1.82, 2.24) is 4.31 Å². The maximum atomic E-state index is 13.3. The number of halogens is 1. The van der Waals surface area contributed by atoms with Crippen LogP contribution >= 0.6 is 0 Å². The van der Waals surface area contributed by atoms with Crippen LogP contribution in [0.1, 0.15) is 29.2 Å². The van der Waals surface area contributed by atoms with Gasteiger partial charge in [-0.25, -0.2) is 12.8 Å². The quantitative estimate of drug-likeness (QED) is 0.539. The van der Waals surface area contributed by atoms with E-state index in [1.165, 1.54) is 16.4 Å². The van der Waals surface area contributed by atoms with Crippen LogP contribution in [0.3, 0.4) is 0 Å². The number of fused-ring (bicyclic) bond motifs is 1. The summed E-state index contributed by atoms with van der Waals surface area (Å²) in [4.78, 5) is 12.7. The second-order valence-electron chi connectivity index (χ2n) is 7.38. The third-order valence-corrected chi connectivity index (χ3v) is 7.31. The van der Waals surface area contributed by atoms with Crippen molar-refractivity contribution in [3.05, 3.63) is 101 Å². The summed E-state index contributed by atoms with van der Waals surface area (Å²) < 4.78 is 46.7. The number of esters is 1. The van der Waals surface area contributed by atoms with E-state index in [1.807, 2.05) is 54.6 Å². The molecule has 3 aromatic carbocycles. The molecule has 0 saturated heterocycles. The van der Waals surface area contributed by atoms with Crippen LogP contribution in [0.4, 0.5) is 4.39 Å². The molecule has 31 heavy (non-hydrogen) atoms. The molecular formula is C24H22FNO4S. The molecule has 1 heterocycles. The summed E-state index contributed by atoms with van der Waals surface area (Å²) in [7, 11) is -3.92. The van der Waals surface area contributed by atoms with Gasteiger partial charge in [0, 0.05) is 6.54 Å². The van der Waals surface area contributed by atoms with E-state index in [2.05, 4.69) is 0 Å². The standard InChI is InChI=1S/C24H22FNO4S/c25-20-10-12-21(13-11-20)31(28,29)26-15-14-19-8-4-5-9-22(19)23(26)16-24(27)30-17-18-6-2-1-3-7-18/h1-13,23H,14-17H2. The molecule has 5 nitrogen and oxygen atoms in total. The molecule has 1 aliphatic heterocycles. The highest BCUT2D eigenvalue weighted by molar-refractivity contribution is 7.89. The third kappa shape index (κ3) is 4.68. The molecule has 160 valence electrons. The van der Waals surface area contributed by atoms with Gasteiger partial charge in [0.25, 0.3) is 0 Å². The van der Waals surface area contributed by atoms with Crippen molar-refractivity contribution >= 4 is 16.0 Å². The van der Waals surface area contributed by atoms with Gasteiger partial charge in [0.1, 0.15) is 12.4 Å². The van der Waals surface area contributed by atoms with Gasteiger partial charge in [0.05, 0.1) is 17.4 Å². The van der Waals surface area contributed by atoms with Gasteiger partial charge in [-0.15, -0.1) is 0 Å². The van der Waals surface area contributed by atoms with Crippen LogP contribution in [0, 0.1) is 5.82 Å². The van der Waals surface area contributed by atoms with Crippen LogP contribution in [0.15, 0.2) is 83.8 Å². The van der Waals surface area contributed by atoms with Gasteiger partial charge in [-0.3, -0.25) is 4.79 Å². The first kappa shape index (κ1) is 21.2. The average Bonchev–Trinajstić information content (AvgIpc) is 2.79. The van der Waals surface area contributed by atoms with Gasteiger partial charge in [0.15, 0.2) is 0 Å². The van der Waals surface area contributed by atoms with Gasteiger partial charge in [-0.2, -0.15) is 4.31 Å². The van der Waals surface area contributed by atoms with Gasteiger partial charge >= 0.3 is 5.97 Å². The number of benzene rings is 3. The average molecular weight is 440 g/mol. The molecule has 0 radical (unpaired) electrons. The fraction of sp³-hybridized carbons (Fsp3) is 0.208. The Morgan fingerprint density at radius 3 is 2.39 bits per heavy atom. The molecule has 0 fully saturated rings. The SMILES string of the molecule is O=C(CC1c2ccccc2CCN1S(=O)(=O)c1ccc(F)cc1)OCc1ccccc1. The van der Waals surface area contributed by atoms with Gasteiger partial charge in [-0.05, 0) is 47.4 Å². The van der Waals surface area contributed by atoms with E-state index in [1.54, 1.807) is 0 Å². The largest absolute Gasteiger partial charge is 0.461 e. The molecule has 1 atom stereocenters. The van der Waals surface area contributed by atoms with Gasteiger partial charge in [-0.1, -0.05) is 54.6 Å². The lowest BCUT2D eigenvalue weighted by molar-refractivity contribution is -0.146. The molecule has 1 aliphatic rings. The zero-order valence-corrected chi connectivity index (χ0v) is 17.6. The summed E-state index contributed by atoms with van der Waals surface area (Å²) in [6.07, 6.45) is 0.427. The summed E-state index contributed by atoms with van der Waals surface area (Å²) in [5.74, 6) is -0.992. The Labute approximate surface area is 181 Å².